The number of hydrogen-bond acceptors (Lipinski definition) is 1. The Morgan fingerprint density at radius 3 is 1.92 bits per heavy atom. The molecule has 0 fully saturated rings. The van der Waals surface area contributed by atoms with Gasteiger partial charge in [-0.1, -0.05) is 12.2 Å². The van der Waals surface area contributed by atoms with E-state index in [-0.39, 0.29) is 5.54 Å². The first-order valence-corrected chi connectivity index (χ1v) is 4.33. The van der Waals surface area contributed by atoms with E-state index >= 15 is 0 Å². The van der Waals surface area contributed by atoms with Gasteiger partial charge < -0.3 is 4.90 Å². The van der Waals surface area contributed by atoms with Gasteiger partial charge in [0.25, 0.3) is 0 Å². The molecule has 0 rings (SSSR count). The van der Waals surface area contributed by atoms with E-state index in [1.165, 1.54) is 5.57 Å². The highest BCUT2D eigenvalue weighted by Crippen LogP contribution is 2.17. The van der Waals surface area contributed by atoms with Crippen LogP contribution in [0.4, 0.5) is 0 Å². The zero-order chi connectivity index (χ0) is 9.94. The first-order chi connectivity index (χ1) is 5.25. The summed E-state index contributed by atoms with van der Waals surface area (Å²) >= 11 is 0. The molecule has 0 saturated carbocycles. The summed E-state index contributed by atoms with van der Waals surface area (Å²) in [5, 5.41) is 0. The first-order valence-electron chi connectivity index (χ1n) is 4.33. The maximum Gasteiger partial charge on any atom is 0.0314 e. The van der Waals surface area contributed by atoms with Crippen LogP contribution in [-0.2, 0) is 0 Å². The number of nitrogens with zero attached hydrogens (tertiary/aromatic N) is 1. The van der Waals surface area contributed by atoms with E-state index in [0.29, 0.717) is 0 Å². The van der Waals surface area contributed by atoms with E-state index in [9.17, 15) is 0 Å². The highest BCUT2D eigenvalue weighted by atomic mass is 15.2. The Bertz CT molecular complexity index is 190. The second kappa shape index (κ2) is 3.79. The summed E-state index contributed by atoms with van der Waals surface area (Å²) in [5.74, 6) is 0. The quantitative estimate of drug-likeness (QED) is 0.571. The molecule has 0 aromatic carbocycles. The standard InChI is InChI=1S/C11H21N/c1-9(2)8-10(3)12(7)11(4,5)6/h8H,3H2,1-2,4-7H3. The van der Waals surface area contributed by atoms with Crippen LogP contribution >= 0.6 is 0 Å². The highest BCUT2D eigenvalue weighted by molar-refractivity contribution is 5.18. The minimum atomic E-state index is 0.156. The normalized spacial score (nSPS) is 10.8. The molecular weight excluding hydrogens is 146 g/mol. The Labute approximate surface area is 76.8 Å². The minimum Gasteiger partial charge on any atom is -0.370 e. The lowest BCUT2D eigenvalue weighted by Gasteiger charge is -2.34. The summed E-state index contributed by atoms with van der Waals surface area (Å²) < 4.78 is 0. The second-order valence-corrected chi connectivity index (χ2v) is 4.44. The number of allylic oxidation sites excluding steroid dienone is 2. The molecule has 1 heteroatoms. The van der Waals surface area contributed by atoms with Crippen LogP contribution in [0.2, 0.25) is 0 Å². The molecule has 0 radical (unpaired) electrons. The predicted molar refractivity (Wildman–Crippen MR) is 56.1 cm³/mol. The van der Waals surface area contributed by atoms with Crippen molar-refractivity contribution in [2.75, 3.05) is 7.05 Å². The molecule has 0 aromatic heterocycles. The van der Waals surface area contributed by atoms with Crippen LogP contribution in [0.3, 0.4) is 0 Å². The molecule has 0 aliphatic heterocycles. The molecule has 12 heavy (non-hydrogen) atoms. The molecule has 0 N–H and O–H groups in total. The van der Waals surface area contributed by atoms with E-state index in [2.05, 4.69) is 59.2 Å². The lowest BCUT2D eigenvalue weighted by atomic mass is 10.1. The van der Waals surface area contributed by atoms with E-state index in [0.717, 1.165) is 5.70 Å². The van der Waals surface area contributed by atoms with Crippen LogP contribution in [-0.4, -0.2) is 17.5 Å². The van der Waals surface area contributed by atoms with Gasteiger partial charge >= 0.3 is 0 Å². The molecule has 0 bridgehead atoms. The summed E-state index contributed by atoms with van der Waals surface area (Å²) in [6, 6.07) is 0. The molecular formula is C11H21N. The summed E-state index contributed by atoms with van der Waals surface area (Å²) in [5.41, 5.74) is 2.52. The average molecular weight is 167 g/mol. The summed E-state index contributed by atoms with van der Waals surface area (Å²) in [6.45, 7) is 14.7. The Morgan fingerprint density at radius 1 is 1.25 bits per heavy atom. The minimum absolute atomic E-state index is 0.156. The molecule has 0 saturated heterocycles. The summed E-state index contributed by atoms with van der Waals surface area (Å²) in [7, 11) is 2.07. The fourth-order valence-corrected chi connectivity index (χ4v) is 0.861. The number of rotatable bonds is 2. The number of hydrogen-bond donors (Lipinski definition) is 0. The van der Waals surface area contributed by atoms with Gasteiger partial charge in [-0.3, -0.25) is 0 Å². The van der Waals surface area contributed by atoms with Crippen LogP contribution in [0.15, 0.2) is 23.9 Å². The third-order valence-electron chi connectivity index (χ3n) is 1.89. The molecule has 0 spiro atoms. The van der Waals surface area contributed by atoms with Crippen LogP contribution < -0.4 is 0 Å². The van der Waals surface area contributed by atoms with Gasteiger partial charge in [0.2, 0.25) is 0 Å². The summed E-state index contributed by atoms with van der Waals surface area (Å²) in [4.78, 5) is 2.18. The molecule has 0 aliphatic rings. The van der Waals surface area contributed by atoms with Crippen LogP contribution in [0.1, 0.15) is 34.6 Å². The smallest absolute Gasteiger partial charge is 0.0314 e. The largest absolute Gasteiger partial charge is 0.370 e. The van der Waals surface area contributed by atoms with Gasteiger partial charge in [0.1, 0.15) is 0 Å². The lowest BCUT2D eigenvalue weighted by molar-refractivity contribution is 0.235. The molecule has 0 aromatic rings. The second-order valence-electron chi connectivity index (χ2n) is 4.44. The maximum atomic E-state index is 4.01. The molecule has 0 unspecified atom stereocenters. The van der Waals surface area contributed by atoms with Crippen molar-refractivity contribution in [3.63, 3.8) is 0 Å². The highest BCUT2D eigenvalue weighted by Gasteiger charge is 2.16. The van der Waals surface area contributed by atoms with Gasteiger partial charge in [0.05, 0.1) is 0 Å². The van der Waals surface area contributed by atoms with Crippen LogP contribution in [0.5, 0.6) is 0 Å². The molecule has 70 valence electrons. The molecule has 0 amide bonds. The van der Waals surface area contributed by atoms with E-state index in [1.807, 2.05) is 0 Å². The predicted octanol–water partition coefficient (Wildman–Crippen LogP) is 3.20. The van der Waals surface area contributed by atoms with Crippen molar-refractivity contribution in [1.82, 2.24) is 4.90 Å². The van der Waals surface area contributed by atoms with E-state index in [1.54, 1.807) is 0 Å². The monoisotopic (exact) mass is 167 g/mol. The van der Waals surface area contributed by atoms with Gasteiger partial charge in [-0.05, 0) is 40.7 Å². The average Bonchev–Trinajstić information content (AvgIpc) is 1.82. The third kappa shape index (κ3) is 3.61. The SMILES string of the molecule is C=C(C=C(C)C)N(C)C(C)(C)C. The zero-order valence-corrected chi connectivity index (χ0v) is 9.23. The number of likely N-dealkylation sites (N-methyl/N-ethyl adjacent to an activating group) is 1. The van der Waals surface area contributed by atoms with Gasteiger partial charge in [0, 0.05) is 18.3 Å². The molecule has 1 nitrogen and oxygen atoms in total. The topological polar surface area (TPSA) is 3.24 Å². The van der Waals surface area contributed by atoms with Gasteiger partial charge in [0.15, 0.2) is 0 Å². The van der Waals surface area contributed by atoms with Gasteiger partial charge in [-0.25, -0.2) is 0 Å². The van der Waals surface area contributed by atoms with Crippen molar-refractivity contribution in [2.45, 2.75) is 40.2 Å². The Morgan fingerprint density at radius 2 is 1.67 bits per heavy atom. The van der Waals surface area contributed by atoms with Crippen molar-refractivity contribution in [3.8, 4) is 0 Å². The van der Waals surface area contributed by atoms with Crippen molar-refractivity contribution in [2.24, 2.45) is 0 Å². The molecule has 0 aliphatic carbocycles. The Balaban J connectivity index is 4.42. The van der Waals surface area contributed by atoms with Gasteiger partial charge in [-0.15, -0.1) is 0 Å². The molecule has 0 atom stereocenters. The van der Waals surface area contributed by atoms with Crippen molar-refractivity contribution >= 4 is 0 Å². The zero-order valence-electron chi connectivity index (χ0n) is 9.23. The van der Waals surface area contributed by atoms with Crippen LogP contribution in [0.25, 0.3) is 0 Å². The van der Waals surface area contributed by atoms with Gasteiger partial charge in [-0.2, -0.15) is 0 Å². The Kier molecular flexibility index (Phi) is 3.56. The fourth-order valence-electron chi connectivity index (χ4n) is 0.861. The fraction of sp³-hybridized carbons (Fsp3) is 0.636. The summed E-state index contributed by atoms with van der Waals surface area (Å²) in [6.07, 6.45) is 2.10. The van der Waals surface area contributed by atoms with E-state index < -0.39 is 0 Å². The third-order valence-corrected chi connectivity index (χ3v) is 1.89. The first kappa shape index (κ1) is 11.3. The van der Waals surface area contributed by atoms with Crippen molar-refractivity contribution in [1.29, 1.82) is 0 Å². The molecule has 0 heterocycles. The van der Waals surface area contributed by atoms with Crippen LogP contribution in [0, 0.1) is 0 Å². The van der Waals surface area contributed by atoms with Crippen molar-refractivity contribution < 1.29 is 0 Å². The Hall–Kier alpha value is -0.720. The van der Waals surface area contributed by atoms with E-state index in [4.69, 9.17) is 0 Å². The van der Waals surface area contributed by atoms with Crippen molar-refractivity contribution in [3.05, 3.63) is 23.9 Å². The lowest BCUT2D eigenvalue weighted by Crippen LogP contribution is -2.36. The maximum absolute atomic E-state index is 4.01.